The number of nitrogens with zero attached hydrogens (tertiary/aromatic N) is 1. The minimum Gasteiger partial charge on any atom is -0.494 e. The number of para-hydroxylation sites is 1. The molecule has 1 aliphatic rings. The quantitative estimate of drug-likeness (QED) is 0.676. The number of hydrogen-bond acceptors (Lipinski definition) is 4. The summed E-state index contributed by atoms with van der Waals surface area (Å²) in [4.78, 5) is 14.7. The standard InChI is InChI=1S/C23H30N2O3/c1-19-7-5-8-20(17-19)22(25-12-15-27-16-13-25)18-24-23(26)11-6-14-28-21-9-3-2-4-10-21/h2-5,7-10,17,22H,6,11-16,18H2,1H3,(H,24,26). The number of nitrogens with one attached hydrogen (secondary N) is 1. The first kappa shape index (κ1) is 20.4. The zero-order valence-corrected chi connectivity index (χ0v) is 16.6. The molecule has 0 aromatic heterocycles. The molecule has 28 heavy (non-hydrogen) atoms. The second kappa shape index (κ2) is 10.8. The fourth-order valence-electron chi connectivity index (χ4n) is 3.46. The van der Waals surface area contributed by atoms with Crippen LogP contribution in [0.4, 0.5) is 0 Å². The van der Waals surface area contributed by atoms with Crippen molar-refractivity contribution in [2.75, 3.05) is 39.5 Å². The SMILES string of the molecule is Cc1cccc(C(CNC(=O)CCCOc2ccccc2)N2CCOCC2)c1. The van der Waals surface area contributed by atoms with Gasteiger partial charge in [0.25, 0.3) is 0 Å². The van der Waals surface area contributed by atoms with Crippen molar-refractivity contribution in [2.24, 2.45) is 0 Å². The van der Waals surface area contributed by atoms with E-state index in [1.165, 1.54) is 11.1 Å². The molecule has 2 aromatic carbocycles. The van der Waals surface area contributed by atoms with Crippen LogP contribution in [0.1, 0.15) is 30.0 Å². The van der Waals surface area contributed by atoms with E-state index in [2.05, 4.69) is 41.4 Å². The monoisotopic (exact) mass is 382 g/mol. The van der Waals surface area contributed by atoms with Crippen molar-refractivity contribution in [3.63, 3.8) is 0 Å². The van der Waals surface area contributed by atoms with E-state index >= 15 is 0 Å². The molecule has 0 saturated carbocycles. The van der Waals surface area contributed by atoms with Crippen LogP contribution in [0.2, 0.25) is 0 Å². The fraction of sp³-hybridized carbons (Fsp3) is 0.435. The minimum atomic E-state index is 0.0718. The second-order valence-electron chi connectivity index (χ2n) is 7.15. The van der Waals surface area contributed by atoms with Gasteiger partial charge in [0.05, 0.1) is 25.9 Å². The Morgan fingerprint density at radius 1 is 1.14 bits per heavy atom. The van der Waals surface area contributed by atoms with E-state index in [1.807, 2.05) is 30.3 Å². The first-order valence-corrected chi connectivity index (χ1v) is 10.1. The molecule has 0 aliphatic carbocycles. The van der Waals surface area contributed by atoms with E-state index in [4.69, 9.17) is 9.47 Å². The second-order valence-corrected chi connectivity index (χ2v) is 7.15. The molecule has 150 valence electrons. The zero-order chi connectivity index (χ0) is 19.6. The molecule has 1 N–H and O–H groups in total. The summed E-state index contributed by atoms with van der Waals surface area (Å²) in [5.41, 5.74) is 2.48. The molecule has 1 heterocycles. The lowest BCUT2D eigenvalue weighted by molar-refractivity contribution is -0.121. The molecule has 1 aliphatic heterocycles. The van der Waals surface area contributed by atoms with Gasteiger partial charge in [0.15, 0.2) is 0 Å². The van der Waals surface area contributed by atoms with Gasteiger partial charge in [0.2, 0.25) is 5.91 Å². The maximum absolute atomic E-state index is 12.3. The number of ether oxygens (including phenoxy) is 2. The maximum Gasteiger partial charge on any atom is 0.220 e. The molecule has 0 radical (unpaired) electrons. The van der Waals surface area contributed by atoms with Crippen LogP contribution >= 0.6 is 0 Å². The molecule has 0 bridgehead atoms. The number of amides is 1. The zero-order valence-electron chi connectivity index (χ0n) is 16.6. The first-order valence-electron chi connectivity index (χ1n) is 10.1. The predicted octanol–water partition coefficient (Wildman–Crippen LogP) is 3.34. The Morgan fingerprint density at radius 3 is 2.68 bits per heavy atom. The van der Waals surface area contributed by atoms with E-state index in [-0.39, 0.29) is 11.9 Å². The van der Waals surface area contributed by atoms with E-state index in [9.17, 15) is 4.79 Å². The van der Waals surface area contributed by atoms with Gasteiger partial charge in [-0.1, -0.05) is 48.0 Å². The van der Waals surface area contributed by atoms with Crippen LogP contribution in [0.5, 0.6) is 5.75 Å². The molecule has 1 atom stereocenters. The predicted molar refractivity (Wildman–Crippen MR) is 110 cm³/mol. The van der Waals surface area contributed by atoms with Gasteiger partial charge >= 0.3 is 0 Å². The van der Waals surface area contributed by atoms with E-state index < -0.39 is 0 Å². The smallest absolute Gasteiger partial charge is 0.220 e. The van der Waals surface area contributed by atoms with Crippen molar-refractivity contribution in [1.82, 2.24) is 10.2 Å². The molecule has 0 spiro atoms. The molecule has 1 amide bonds. The Morgan fingerprint density at radius 2 is 1.93 bits per heavy atom. The van der Waals surface area contributed by atoms with Crippen molar-refractivity contribution in [3.8, 4) is 5.75 Å². The first-order chi connectivity index (χ1) is 13.7. The van der Waals surface area contributed by atoms with Crippen molar-refractivity contribution in [2.45, 2.75) is 25.8 Å². The van der Waals surface area contributed by atoms with Gasteiger partial charge in [0.1, 0.15) is 5.75 Å². The average molecular weight is 383 g/mol. The summed E-state index contributed by atoms with van der Waals surface area (Å²) in [6.07, 6.45) is 1.17. The van der Waals surface area contributed by atoms with E-state index in [0.29, 0.717) is 26.0 Å². The topological polar surface area (TPSA) is 50.8 Å². The summed E-state index contributed by atoms with van der Waals surface area (Å²) in [5.74, 6) is 0.914. The van der Waals surface area contributed by atoms with Gasteiger partial charge in [0, 0.05) is 26.1 Å². The molecule has 5 heteroatoms. The lowest BCUT2D eigenvalue weighted by atomic mass is 10.0. The Bertz CT molecular complexity index is 730. The third-order valence-electron chi connectivity index (χ3n) is 4.97. The van der Waals surface area contributed by atoms with Crippen molar-refractivity contribution < 1.29 is 14.3 Å². The molecule has 2 aromatic rings. The van der Waals surface area contributed by atoms with Gasteiger partial charge in [-0.15, -0.1) is 0 Å². The molecule has 1 fully saturated rings. The number of hydrogen-bond donors (Lipinski definition) is 1. The molecule has 3 rings (SSSR count). The van der Waals surface area contributed by atoms with Crippen LogP contribution in [-0.4, -0.2) is 50.3 Å². The van der Waals surface area contributed by atoms with E-state index in [0.717, 1.165) is 32.1 Å². The van der Waals surface area contributed by atoms with Crippen LogP contribution in [0.3, 0.4) is 0 Å². The van der Waals surface area contributed by atoms with Gasteiger partial charge in [-0.2, -0.15) is 0 Å². The highest BCUT2D eigenvalue weighted by molar-refractivity contribution is 5.75. The molecule has 1 unspecified atom stereocenters. The van der Waals surface area contributed by atoms with Crippen LogP contribution in [0.25, 0.3) is 0 Å². The summed E-state index contributed by atoms with van der Waals surface area (Å²) in [5, 5.41) is 3.12. The Labute approximate surface area is 167 Å². The highest BCUT2D eigenvalue weighted by atomic mass is 16.5. The molecular weight excluding hydrogens is 352 g/mol. The third-order valence-corrected chi connectivity index (χ3v) is 4.97. The minimum absolute atomic E-state index is 0.0718. The Kier molecular flexibility index (Phi) is 7.88. The highest BCUT2D eigenvalue weighted by Crippen LogP contribution is 2.22. The van der Waals surface area contributed by atoms with Crippen LogP contribution < -0.4 is 10.1 Å². The summed E-state index contributed by atoms with van der Waals surface area (Å²) in [6.45, 7) is 6.52. The van der Waals surface area contributed by atoms with Crippen molar-refractivity contribution >= 4 is 5.91 Å². The van der Waals surface area contributed by atoms with Gasteiger partial charge < -0.3 is 14.8 Å². The molecule has 1 saturated heterocycles. The largest absolute Gasteiger partial charge is 0.494 e. The van der Waals surface area contributed by atoms with Gasteiger partial charge in [-0.3, -0.25) is 9.69 Å². The van der Waals surface area contributed by atoms with Gasteiger partial charge in [-0.25, -0.2) is 0 Å². The maximum atomic E-state index is 12.3. The van der Waals surface area contributed by atoms with Crippen LogP contribution in [0, 0.1) is 6.92 Å². The normalized spacial score (nSPS) is 15.8. The molecular formula is C23H30N2O3. The highest BCUT2D eigenvalue weighted by Gasteiger charge is 2.23. The lowest BCUT2D eigenvalue weighted by Gasteiger charge is -2.35. The summed E-state index contributed by atoms with van der Waals surface area (Å²) >= 11 is 0. The van der Waals surface area contributed by atoms with E-state index in [1.54, 1.807) is 0 Å². The summed E-state index contributed by atoms with van der Waals surface area (Å²) in [7, 11) is 0. The fourth-order valence-corrected chi connectivity index (χ4v) is 3.46. The Balaban J connectivity index is 1.47. The number of benzene rings is 2. The number of aryl methyl sites for hydroxylation is 1. The summed E-state index contributed by atoms with van der Waals surface area (Å²) in [6, 6.07) is 18.4. The lowest BCUT2D eigenvalue weighted by Crippen LogP contribution is -2.43. The number of morpholine rings is 1. The summed E-state index contributed by atoms with van der Waals surface area (Å²) < 4.78 is 11.2. The number of carbonyl (C=O) groups is 1. The Hall–Kier alpha value is -2.37. The average Bonchev–Trinajstić information content (AvgIpc) is 2.73. The van der Waals surface area contributed by atoms with Crippen molar-refractivity contribution in [3.05, 3.63) is 65.7 Å². The number of carbonyl (C=O) groups excluding carboxylic acids is 1. The van der Waals surface area contributed by atoms with Crippen molar-refractivity contribution in [1.29, 1.82) is 0 Å². The van der Waals surface area contributed by atoms with Crippen LogP contribution in [-0.2, 0) is 9.53 Å². The number of rotatable bonds is 9. The third kappa shape index (κ3) is 6.36. The van der Waals surface area contributed by atoms with Gasteiger partial charge in [-0.05, 0) is 31.0 Å². The van der Waals surface area contributed by atoms with Crippen LogP contribution in [0.15, 0.2) is 54.6 Å². The molecule has 5 nitrogen and oxygen atoms in total.